The zero-order valence-electron chi connectivity index (χ0n) is 14.5. The van der Waals surface area contributed by atoms with E-state index in [2.05, 4.69) is 29.2 Å². The van der Waals surface area contributed by atoms with Crippen molar-refractivity contribution in [1.29, 1.82) is 0 Å². The highest BCUT2D eigenvalue weighted by Gasteiger charge is 2.21. The van der Waals surface area contributed by atoms with Crippen molar-refractivity contribution in [3.05, 3.63) is 0 Å². The summed E-state index contributed by atoms with van der Waals surface area (Å²) < 4.78 is 5.71. The minimum atomic E-state index is 0. The second kappa shape index (κ2) is 10.7. The van der Waals surface area contributed by atoms with Crippen molar-refractivity contribution in [3.63, 3.8) is 0 Å². The van der Waals surface area contributed by atoms with Gasteiger partial charge in [-0.05, 0) is 43.4 Å². The molecule has 2 saturated carbocycles. The summed E-state index contributed by atoms with van der Waals surface area (Å²) in [5.41, 5.74) is 0. The molecule has 22 heavy (non-hydrogen) atoms. The van der Waals surface area contributed by atoms with Crippen molar-refractivity contribution in [2.24, 2.45) is 22.7 Å². The van der Waals surface area contributed by atoms with Gasteiger partial charge in [0.1, 0.15) is 0 Å². The quantitative estimate of drug-likeness (QED) is 0.295. The lowest BCUT2D eigenvalue weighted by Crippen LogP contribution is -2.43. The van der Waals surface area contributed by atoms with Gasteiger partial charge in [-0.25, -0.2) is 0 Å². The van der Waals surface area contributed by atoms with Crippen molar-refractivity contribution in [2.75, 3.05) is 40.4 Å². The van der Waals surface area contributed by atoms with Gasteiger partial charge in [-0.15, -0.1) is 24.0 Å². The molecule has 0 aromatic rings. The summed E-state index contributed by atoms with van der Waals surface area (Å²) in [7, 11) is 3.96. The molecule has 2 atom stereocenters. The number of halogens is 1. The lowest BCUT2D eigenvalue weighted by Gasteiger charge is -2.29. The van der Waals surface area contributed by atoms with Gasteiger partial charge in [0.2, 0.25) is 0 Å². The molecule has 2 rings (SSSR count). The number of hydrogen-bond acceptors (Lipinski definition) is 2. The fraction of sp³-hybridized carbons (Fsp3) is 0.941. The van der Waals surface area contributed by atoms with Crippen LogP contribution >= 0.6 is 24.0 Å². The summed E-state index contributed by atoms with van der Waals surface area (Å²) in [6, 6.07) is 0. The molecular weight excluding hydrogens is 389 g/mol. The Kier molecular flexibility index (Phi) is 9.71. The van der Waals surface area contributed by atoms with Gasteiger partial charge in [0.15, 0.2) is 5.96 Å². The number of rotatable bonds is 7. The van der Waals surface area contributed by atoms with E-state index in [9.17, 15) is 0 Å². The van der Waals surface area contributed by atoms with E-state index in [0.29, 0.717) is 0 Å². The summed E-state index contributed by atoms with van der Waals surface area (Å²) in [6.07, 6.45) is 8.24. The van der Waals surface area contributed by atoms with Gasteiger partial charge < -0.3 is 15.0 Å². The van der Waals surface area contributed by atoms with Crippen LogP contribution in [0.25, 0.3) is 0 Å². The van der Waals surface area contributed by atoms with Crippen LogP contribution in [0, 0.1) is 17.8 Å². The van der Waals surface area contributed by atoms with Crippen LogP contribution in [0.2, 0.25) is 0 Å². The van der Waals surface area contributed by atoms with Crippen molar-refractivity contribution >= 4 is 29.9 Å². The number of nitrogens with one attached hydrogen (secondary N) is 1. The third-order valence-corrected chi connectivity index (χ3v) is 4.79. The second-order valence-electron chi connectivity index (χ2n) is 7.01. The Hall–Kier alpha value is -0.0400. The first-order valence-electron chi connectivity index (χ1n) is 8.68. The zero-order valence-corrected chi connectivity index (χ0v) is 16.8. The fourth-order valence-electron chi connectivity index (χ4n) is 3.21. The van der Waals surface area contributed by atoms with Crippen molar-refractivity contribution in [1.82, 2.24) is 10.2 Å². The molecular formula is C17H34IN3O. The maximum Gasteiger partial charge on any atom is 0.193 e. The lowest BCUT2D eigenvalue weighted by molar-refractivity contribution is 0.115. The van der Waals surface area contributed by atoms with E-state index < -0.39 is 0 Å². The Morgan fingerprint density at radius 2 is 2.00 bits per heavy atom. The van der Waals surface area contributed by atoms with Gasteiger partial charge in [-0.2, -0.15) is 0 Å². The number of aliphatic imine (C=N–C) groups is 1. The number of nitrogens with zero attached hydrogens (tertiary/aromatic N) is 2. The van der Waals surface area contributed by atoms with Crippen molar-refractivity contribution in [3.8, 4) is 0 Å². The molecule has 0 spiro atoms. The molecule has 130 valence electrons. The van der Waals surface area contributed by atoms with E-state index in [1.165, 1.54) is 38.5 Å². The summed E-state index contributed by atoms with van der Waals surface area (Å²) in [6.45, 7) is 6.09. The van der Waals surface area contributed by atoms with Crippen molar-refractivity contribution < 1.29 is 4.74 Å². The molecule has 0 bridgehead atoms. The van der Waals surface area contributed by atoms with E-state index in [0.717, 1.165) is 50.0 Å². The molecule has 0 saturated heterocycles. The number of guanidine groups is 1. The third-order valence-electron chi connectivity index (χ3n) is 4.79. The molecule has 2 aliphatic rings. The monoisotopic (exact) mass is 423 g/mol. The van der Waals surface area contributed by atoms with Crippen molar-refractivity contribution in [2.45, 2.75) is 45.4 Å². The number of likely N-dealkylation sites (N-methyl/N-ethyl adjacent to an activating group) is 1. The smallest absolute Gasteiger partial charge is 0.193 e. The molecule has 0 radical (unpaired) electrons. The third kappa shape index (κ3) is 7.49. The highest BCUT2D eigenvalue weighted by molar-refractivity contribution is 14.0. The minimum absolute atomic E-state index is 0. The molecule has 0 amide bonds. The predicted molar refractivity (Wildman–Crippen MR) is 104 cm³/mol. The maximum atomic E-state index is 5.71. The predicted octanol–water partition coefficient (Wildman–Crippen LogP) is 3.36. The zero-order chi connectivity index (χ0) is 15.1. The molecule has 5 heteroatoms. The summed E-state index contributed by atoms with van der Waals surface area (Å²) in [5, 5.41) is 3.54. The van der Waals surface area contributed by atoms with Crippen LogP contribution in [-0.4, -0.2) is 51.3 Å². The molecule has 1 N–H and O–H groups in total. The minimum Gasteiger partial charge on any atom is -0.379 e. The highest BCUT2D eigenvalue weighted by atomic mass is 127. The highest BCUT2D eigenvalue weighted by Crippen LogP contribution is 2.29. The standard InChI is InChI=1S/C17H33N3O.HI/c1-14-5-4-6-16(11-14)12-19-17(18-2)20(3)9-10-21-13-15-7-8-15;/h14-16H,4-13H2,1-3H3,(H,18,19);1H. The molecule has 0 aliphatic heterocycles. The van der Waals surface area contributed by atoms with Crippen LogP contribution in [0.15, 0.2) is 4.99 Å². The van der Waals surface area contributed by atoms with Gasteiger partial charge in [-0.1, -0.05) is 19.8 Å². The molecule has 4 nitrogen and oxygen atoms in total. The average molecular weight is 423 g/mol. The Bertz CT molecular complexity index is 334. The maximum absolute atomic E-state index is 5.71. The average Bonchev–Trinajstić information content (AvgIpc) is 3.28. The molecule has 0 heterocycles. The second-order valence-corrected chi connectivity index (χ2v) is 7.01. The van der Waals surface area contributed by atoms with Crippen LogP contribution in [0.3, 0.4) is 0 Å². The Morgan fingerprint density at radius 3 is 2.64 bits per heavy atom. The first kappa shape index (κ1) is 20.0. The first-order chi connectivity index (χ1) is 10.2. The Morgan fingerprint density at radius 1 is 1.23 bits per heavy atom. The van der Waals surface area contributed by atoms with Crippen LogP contribution < -0.4 is 5.32 Å². The van der Waals surface area contributed by atoms with Gasteiger partial charge in [0.25, 0.3) is 0 Å². The molecule has 0 aromatic heterocycles. The topological polar surface area (TPSA) is 36.9 Å². The molecule has 2 aliphatic carbocycles. The number of ether oxygens (including phenoxy) is 1. The van der Waals surface area contributed by atoms with Gasteiger partial charge >= 0.3 is 0 Å². The van der Waals surface area contributed by atoms with Crippen LogP contribution in [-0.2, 0) is 4.74 Å². The van der Waals surface area contributed by atoms with E-state index in [-0.39, 0.29) is 24.0 Å². The lowest BCUT2D eigenvalue weighted by atomic mass is 9.82. The van der Waals surface area contributed by atoms with Gasteiger partial charge in [-0.3, -0.25) is 4.99 Å². The number of hydrogen-bond donors (Lipinski definition) is 1. The van der Waals surface area contributed by atoms with E-state index in [1.54, 1.807) is 0 Å². The SMILES string of the molecule is CN=C(NCC1CCCC(C)C1)N(C)CCOCC1CC1.I. The van der Waals surface area contributed by atoms with Crippen LogP contribution in [0.5, 0.6) is 0 Å². The summed E-state index contributed by atoms with van der Waals surface area (Å²) >= 11 is 0. The Balaban J connectivity index is 0.00000242. The van der Waals surface area contributed by atoms with Gasteiger partial charge in [0, 0.05) is 33.8 Å². The molecule has 2 unspecified atom stereocenters. The summed E-state index contributed by atoms with van der Waals surface area (Å²) in [5.74, 6) is 3.55. The van der Waals surface area contributed by atoms with Crippen LogP contribution in [0.1, 0.15) is 45.4 Å². The first-order valence-corrected chi connectivity index (χ1v) is 8.68. The summed E-state index contributed by atoms with van der Waals surface area (Å²) in [4.78, 5) is 6.57. The molecule has 2 fully saturated rings. The normalized spacial score (nSPS) is 25.5. The van der Waals surface area contributed by atoms with Crippen LogP contribution in [0.4, 0.5) is 0 Å². The fourth-order valence-corrected chi connectivity index (χ4v) is 3.21. The molecule has 0 aromatic carbocycles. The largest absolute Gasteiger partial charge is 0.379 e. The van der Waals surface area contributed by atoms with Gasteiger partial charge in [0.05, 0.1) is 6.61 Å². The van der Waals surface area contributed by atoms with E-state index >= 15 is 0 Å². The van der Waals surface area contributed by atoms with E-state index in [4.69, 9.17) is 4.74 Å². The Labute approximate surface area is 153 Å². The van der Waals surface area contributed by atoms with E-state index in [1.807, 2.05) is 7.05 Å².